The van der Waals surface area contributed by atoms with E-state index in [1.165, 1.54) is 11.5 Å². The van der Waals surface area contributed by atoms with Crippen molar-refractivity contribution in [3.05, 3.63) is 51.1 Å². The van der Waals surface area contributed by atoms with Gasteiger partial charge in [0.15, 0.2) is 0 Å². The molecule has 3 aromatic rings. The lowest BCUT2D eigenvalue weighted by atomic mass is 10.1. The van der Waals surface area contributed by atoms with E-state index in [1.807, 2.05) is 35.7 Å². The summed E-state index contributed by atoms with van der Waals surface area (Å²) in [5, 5.41) is 5.99. The van der Waals surface area contributed by atoms with Gasteiger partial charge in [0.25, 0.3) is 0 Å². The van der Waals surface area contributed by atoms with Crippen LogP contribution in [0.3, 0.4) is 0 Å². The molecule has 0 aliphatic heterocycles. The molecule has 0 spiro atoms. The number of anilines is 2. The summed E-state index contributed by atoms with van der Waals surface area (Å²) in [5.74, 6) is 0.516. The number of hydrogen-bond acceptors (Lipinski definition) is 6. The van der Waals surface area contributed by atoms with Gasteiger partial charge in [-0.1, -0.05) is 41.7 Å². The Bertz CT molecular complexity index is 760. The van der Waals surface area contributed by atoms with Gasteiger partial charge in [-0.25, -0.2) is 0 Å². The maximum absolute atomic E-state index is 11.1. The molecule has 4 N–H and O–H groups in total. The zero-order valence-electron chi connectivity index (χ0n) is 10.4. The topological polar surface area (TPSA) is 83.8 Å². The molecule has 0 atom stereocenters. The molecule has 0 fully saturated rings. The number of thiazole rings is 1. The Hall–Kier alpha value is -2.12. The van der Waals surface area contributed by atoms with Gasteiger partial charge in [0, 0.05) is 11.1 Å². The highest BCUT2D eigenvalue weighted by Gasteiger charge is 2.13. The average Bonchev–Trinajstić information content (AvgIpc) is 3.03. The molecule has 0 aliphatic rings. The molecule has 102 valence electrons. The van der Waals surface area contributed by atoms with Gasteiger partial charge in [-0.15, -0.1) is 0 Å². The van der Waals surface area contributed by atoms with Crippen LogP contribution in [-0.4, -0.2) is 9.36 Å². The number of rotatable bonds is 4. The SMILES string of the molecule is Nc1nsc(NCc2csc(=O)[nH]2)c1-c1ccccc1. The van der Waals surface area contributed by atoms with E-state index >= 15 is 0 Å². The van der Waals surface area contributed by atoms with Crippen molar-refractivity contribution in [2.75, 3.05) is 11.1 Å². The Morgan fingerprint density at radius 2 is 2.10 bits per heavy atom. The molecule has 0 bridgehead atoms. The maximum Gasteiger partial charge on any atom is 0.304 e. The standard InChI is InChI=1S/C13H12N4OS2/c14-11-10(8-4-2-1-3-5-8)12(20-17-11)15-6-9-7-19-13(18)16-9/h1-5,7,15H,6H2,(H2,14,17)(H,16,18). The number of nitrogen functional groups attached to an aromatic ring is 1. The fourth-order valence-corrected chi connectivity index (χ4v) is 3.20. The van der Waals surface area contributed by atoms with Crippen LogP contribution in [0.15, 0.2) is 40.5 Å². The number of H-pyrrole nitrogens is 1. The zero-order valence-corrected chi connectivity index (χ0v) is 12.1. The normalized spacial score (nSPS) is 10.6. The molecule has 2 heterocycles. The molecule has 0 aliphatic carbocycles. The summed E-state index contributed by atoms with van der Waals surface area (Å²) in [6.07, 6.45) is 0. The van der Waals surface area contributed by atoms with Gasteiger partial charge in [0.05, 0.1) is 12.1 Å². The van der Waals surface area contributed by atoms with Gasteiger partial charge >= 0.3 is 4.87 Å². The van der Waals surface area contributed by atoms with Gasteiger partial charge in [-0.2, -0.15) is 4.37 Å². The third-order valence-electron chi connectivity index (χ3n) is 2.79. The molecule has 0 radical (unpaired) electrons. The van der Waals surface area contributed by atoms with Crippen molar-refractivity contribution >= 4 is 33.7 Å². The first kappa shape index (κ1) is 12.9. The molecule has 0 unspecified atom stereocenters. The zero-order chi connectivity index (χ0) is 13.9. The first-order valence-electron chi connectivity index (χ1n) is 5.95. The van der Waals surface area contributed by atoms with Crippen molar-refractivity contribution in [3.8, 4) is 11.1 Å². The number of aromatic amines is 1. The minimum atomic E-state index is -0.0473. The second kappa shape index (κ2) is 5.48. The molecule has 7 heteroatoms. The van der Waals surface area contributed by atoms with Crippen molar-refractivity contribution in [2.45, 2.75) is 6.54 Å². The molecular weight excluding hydrogens is 292 g/mol. The molecule has 0 amide bonds. The molecule has 5 nitrogen and oxygen atoms in total. The predicted molar refractivity (Wildman–Crippen MR) is 84.2 cm³/mol. The summed E-state index contributed by atoms with van der Waals surface area (Å²) in [6.45, 7) is 0.542. The largest absolute Gasteiger partial charge is 0.382 e. The fourth-order valence-electron chi connectivity index (χ4n) is 1.88. The Balaban J connectivity index is 1.86. The minimum absolute atomic E-state index is 0.0473. The summed E-state index contributed by atoms with van der Waals surface area (Å²) < 4.78 is 4.20. The van der Waals surface area contributed by atoms with Crippen molar-refractivity contribution in [1.82, 2.24) is 9.36 Å². The Kier molecular flexibility index (Phi) is 3.53. The van der Waals surface area contributed by atoms with E-state index in [4.69, 9.17) is 5.73 Å². The van der Waals surface area contributed by atoms with Gasteiger partial charge in [-0.05, 0) is 17.1 Å². The second-order valence-corrected chi connectivity index (χ2v) is 5.78. The number of aromatic nitrogens is 2. The van der Waals surface area contributed by atoms with Crippen LogP contribution in [-0.2, 0) is 6.54 Å². The molecular formula is C13H12N4OS2. The lowest BCUT2D eigenvalue weighted by Gasteiger charge is -2.06. The first-order valence-corrected chi connectivity index (χ1v) is 7.60. The van der Waals surface area contributed by atoms with E-state index in [0.717, 1.165) is 33.2 Å². The van der Waals surface area contributed by atoms with Crippen LogP contribution < -0.4 is 15.9 Å². The Morgan fingerprint density at radius 1 is 1.30 bits per heavy atom. The minimum Gasteiger partial charge on any atom is -0.382 e. The summed E-state index contributed by atoms with van der Waals surface area (Å²) in [7, 11) is 0. The monoisotopic (exact) mass is 304 g/mol. The molecule has 20 heavy (non-hydrogen) atoms. The van der Waals surface area contributed by atoms with Crippen LogP contribution in [0.4, 0.5) is 10.8 Å². The number of hydrogen-bond donors (Lipinski definition) is 3. The lowest BCUT2D eigenvalue weighted by molar-refractivity contribution is 1.07. The van der Waals surface area contributed by atoms with Crippen LogP contribution in [0.2, 0.25) is 0 Å². The van der Waals surface area contributed by atoms with Crippen molar-refractivity contribution in [3.63, 3.8) is 0 Å². The lowest BCUT2D eigenvalue weighted by Crippen LogP contribution is -2.02. The molecule has 0 saturated heterocycles. The first-order chi connectivity index (χ1) is 9.74. The smallest absolute Gasteiger partial charge is 0.304 e. The van der Waals surface area contributed by atoms with Crippen molar-refractivity contribution < 1.29 is 0 Å². The van der Waals surface area contributed by atoms with Crippen LogP contribution in [0.1, 0.15) is 5.69 Å². The van der Waals surface area contributed by atoms with E-state index in [1.54, 1.807) is 0 Å². The number of benzene rings is 1. The van der Waals surface area contributed by atoms with Gasteiger partial charge in [0.1, 0.15) is 10.8 Å². The van der Waals surface area contributed by atoms with Crippen LogP contribution in [0, 0.1) is 0 Å². The van der Waals surface area contributed by atoms with Crippen LogP contribution >= 0.6 is 22.9 Å². The Labute approximate surface area is 123 Å². The third kappa shape index (κ3) is 2.59. The third-order valence-corrected chi connectivity index (χ3v) is 4.33. The molecule has 3 rings (SSSR count). The number of nitrogens with one attached hydrogen (secondary N) is 2. The van der Waals surface area contributed by atoms with E-state index in [9.17, 15) is 4.79 Å². The van der Waals surface area contributed by atoms with Crippen molar-refractivity contribution in [1.29, 1.82) is 0 Å². The van der Waals surface area contributed by atoms with Gasteiger partial charge < -0.3 is 16.0 Å². The van der Waals surface area contributed by atoms with Crippen LogP contribution in [0.25, 0.3) is 11.1 Å². The molecule has 2 aromatic heterocycles. The van der Waals surface area contributed by atoms with E-state index in [-0.39, 0.29) is 4.87 Å². The number of nitrogens with zero attached hydrogens (tertiary/aromatic N) is 1. The molecule has 1 aromatic carbocycles. The van der Waals surface area contributed by atoms with E-state index in [2.05, 4.69) is 14.7 Å². The predicted octanol–water partition coefficient (Wildman–Crippen LogP) is 2.75. The van der Waals surface area contributed by atoms with E-state index < -0.39 is 0 Å². The average molecular weight is 304 g/mol. The highest BCUT2D eigenvalue weighted by atomic mass is 32.1. The summed E-state index contributed by atoms with van der Waals surface area (Å²) in [6, 6.07) is 9.89. The molecule has 0 saturated carbocycles. The summed E-state index contributed by atoms with van der Waals surface area (Å²) in [5.41, 5.74) is 8.74. The fraction of sp³-hybridized carbons (Fsp3) is 0.0769. The highest BCUT2D eigenvalue weighted by Crippen LogP contribution is 2.36. The van der Waals surface area contributed by atoms with Crippen molar-refractivity contribution in [2.24, 2.45) is 0 Å². The Morgan fingerprint density at radius 3 is 2.80 bits per heavy atom. The van der Waals surface area contributed by atoms with Crippen LogP contribution in [0.5, 0.6) is 0 Å². The van der Waals surface area contributed by atoms with E-state index in [0.29, 0.717) is 12.4 Å². The maximum atomic E-state index is 11.1. The second-order valence-electron chi connectivity index (χ2n) is 4.16. The quantitative estimate of drug-likeness (QED) is 0.692. The number of nitrogens with two attached hydrogens (primary N) is 1. The van der Waals surface area contributed by atoms with Gasteiger partial charge in [-0.3, -0.25) is 4.79 Å². The van der Waals surface area contributed by atoms with Gasteiger partial charge in [0.2, 0.25) is 0 Å². The highest BCUT2D eigenvalue weighted by molar-refractivity contribution is 7.11. The summed E-state index contributed by atoms with van der Waals surface area (Å²) >= 11 is 2.48. The summed E-state index contributed by atoms with van der Waals surface area (Å²) in [4.78, 5) is 13.8.